The van der Waals surface area contributed by atoms with E-state index in [9.17, 15) is 5.11 Å². The maximum Gasteiger partial charge on any atom is 0.107 e. The molecule has 1 saturated heterocycles. The zero-order valence-electron chi connectivity index (χ0n) is 17.3. The van der Waals surface area contributed by atoms with E-state index in [4.69, 9.17) is 9.15 Å². The summed E-state index contributed by atoms with van der Waals surface area (Å²) >= 11 is 0. The summed E-state index contributed by atoms with van der Waals surface area (Å²) in [5.41, 5.74) is 4.82. The molecule has 2 bridgehead atoms. The number of fused-ring (bicyclic) bond motifs is 2. The molecule has 156 valence electrons. The molecule has 6 rings (SSSR count). The minimum atomic E-state index is -0.598. The summed E-state index contributed by atoms with van der Waals surface area (Å²) in [4.78, 5) is 2.52. The van der Waals surface area contributed by atoms with Gasteiger partial charge in [-0.15, -0.1) is 0 Å². The van der Waals surface area contributed by atoms with Crippen LogP contribution in [0.5, 0.6) is 0 Å². The van der Waals surface area contributed by atoms with E-state index in [1.807, 2.05) is 6.07 Å². The highest BCUT2D eigenvalue weighted by Gasteiger charge is 2.39. The van der Waals surface area contributed by atoms with Gasteiger partial charge < -0.3 is 19.2 Å². The van der Waals surface area contributed by atoms with Crippen molar-refractivity contribution in [3.05, 3.63) is 59.0 Å². The Kier molecular flexibility index (Phi) is 5.76. The van der Waals surface area contributed by atoms with Crippen molar-refractivity contribution in [2.24, 2.45) is 5.92 Å². The molecule has 4 heteroatoms. The van der Waals surface area contributed by atoms with Gasteiger partial charge in [0.25, 0.3) is 0 Å². The Morgan fingerprint density at radius 2 is 1.97 bits per heavy atom. The molecule has 0 amide bonds. The zero-order valence-corrected chi connectivity index (χ0v) is 17.3. The van der Waals surface area contributed by atoms with E-state index in [0.717, 1.165) is 36.8 Å². The van der Waals surface area contributed by atoms with Gasteiger partial charge in [-0.3, -0.25) is 0 Å². The van der Waals surface area contributed by atoms with Gasteiger partial charge in [0.1, 0.15) is 6.10 Å². The SMILES string of the molecule is OC(c1ccoc1)c1ccc2c(c1)[C@@H]1CC[C@H]2[C@H](CCOCCN2CCCC2)C1. The molecule has 4 nitrogen and oxygen atoms in total. The van der Waals surface area contributed by atoms with Crippen molar-refractivity contribution in [3.63, 3.8) is 0 Å². The molecular formula is C25H33NO3. The van der Waals surface area contributed by atoms with Crippen LogP contribution in [0.4, 0.5) is 0 Å². The molecule has 4 atom stereocenters. The lowest BCUT2D eigenvalue weighted by Crippen LogP contribution is -2.31. The smallest absolute Gasteiger partial charge is 0.107 e. The molecule has 2 aromatic rings. The normalized spacial score (nSPS) is 27.3. The highest BCUT2D eigenvalue weighted by atomic mass is 16.5. The van der Waals surface area contributed by atoms with Crippen molar-refractivity contribution in [1.82, 2.24) is 4.90 Å². The zero-order chi connectivity index (χ0) is 19.6. The lowest BCUT2D eigenvalue weighted by atomic mass is 9.61. The first-order chi connectivity index (χ1) is 14.3. The Balaban J connectivity index is 1.19. The van der Waals surface area contributed by atoms with Gasteiger partial charge in [0.2, 0.25) is 0 Å². The average molecular weight is 396 g/mol. The third-order valence-corrected chi connectivity index (χ3v) is 7.49. The third-order valence-electron chi connectivity index (χ3n) is 7.49. The van der Waals surface area contributed by atoms with Gasteiger partial charge in [-0.25, -0.2) is 0 Å². The maximum atomic E-state index is 10.7. The number of hydrogen-bond donors (Lipinski definition) is 1. The molecule has 0 spiro atoms. The number of likely N-dealkylation sites (tertiary alicyclic amines) is 1. The molecule has 2 fully saturated rings. The minimum absolute atomic E-state index is 0.598. The molecule has 1 saturated carbocycles. The van der Waals surface area contributed by atoms with Crippen LogP contribution >= 0.6 is 0 Å². The maximum absolute atomic E-state index is 10.7. The molecule has 0 radical (unpaired) electrons. The summed E-state index contributed by atoms with van der Waals surface area (Å²) in [6, 6.07) is 8.49. The lowest BCUT2D eigenvalue weighted by Gasteiger charge is -2.44. The Labute approximate surface area is 173 Å². The minimum Gasteiger partial charge on any atom is -0.472 e. The van der Waals surface area contributed by atoms with Crippen LogP contribution in [0.15, 0.2) is 41.2 Å². The fraction of sp³-hybridized carbons (Fsp3) is 0.600. The average Bonchev–Trinajstić information content (AvgIpc) is 3.48. The molecule has 4 aliphatic rings. The topological polar surface area (TPSA) is 45.8 Å². The van der Waals surface area contributed by atoms with Crippen LogP contribution in [0.1, 0.15) is 78.7 Å². The molecule has 1 N–H and O–H groups in total. The van der Waals surface area contributed by atoms with Crippen LogP contribution in [-0.4, -0.2) is 42.9 Å². The summed E-state index contributed by atoms with van der Waals surface area (Å²) in [5, 5.41) is 10.7. The van der Waals surface area contributed by atoms with Crippen molar-refractivity contribution in [2.45, 2.75) is 56.5 Å². The van der Waals surface area contributed by atoms with Crippen LogP contribution in [0.2, 0.25) is 0 Å². The van der Waals surface area contributed by atoms with Crippen LogP contribution < -0.4 is 0 Å². The van der Waals surface area contributed by atoms with Crippen molar-refractivity contribution in [3.8, 4) is 0 Å². The molecule has 1 aromatic heterocycles. The number of hydrogen-bond acceptors (Lipinski definition) is 4. The lowest BCUT2D eigenvalue weighted by molar-refractivity contribution is 0.0875. The number of aliphatic hydroxyl groups excluding tert-OH is 1. The van der Waals surface area contributed by atoms with Crippen molar-refractivity contribution < 1.29 is 14.3 Å². The van der Waals surface area contributed by atoms with Gasteiger partial charge in [-0.05, 0) is 92.1 Å². The second-order valence-electron chi connectivity index (χ2n) is 9.17. The Bertz CT molecular complexity index is 796. The third kappa shape index (κ3) is 4.03. The molecule has 29 heavy (non-hydrogen) atoms. The van der Waals surface area contributed by atoms with Crippen molar-refractivity contribution >= 4 is 0 Å². The van der Waals surface area contributed by atoms with Crippen LogP contribution in [0.25, 0.3) is 0 Å². The predicted octanol–water partition coefficient (Wildman–Crippen LogP) is 4.84. The van der Waals surface area contributed by atoms with Crippen molar-refractivity contribution in [2.75, 3.05) is 32.8 Å². The number of ether oxygens (including phenoxy) is 1. The van der Waals surface area contributed by atoms with Gasteiger partial charge in [0.05, 0.1) is 19.1 Å². The molecule has 3 aliphatic carbocycles. The second kappa shape index (κ2) is 8.63. The van der Waals surface area contributed by atoms with E-state index in [2.05, 4.69) is 23.1 Å². The summed E-state index contributed by atoms with van der Waals surface area (Å²) in [7, 11) is 0. The fourth-order valence-corrected chi connectivity index (χ4v) is 5.89. The van der Waals surface area contributed by atoms with Gasteiger partial charge in [-0.2, -0.15) is 0 Å². The van der Waals surface area contributed by atoms with E-state index in [0.29, 0.717) is 11.8 Å². The van der Waals surface area contributed by atoms with E-state index in [-0.39, 0.29) is 0 Å². The van der Waals surface area contributed by atoms with Crippen LogP contribution in [0.3, 0.4) is 0 Å². The molecule has 2 heterocycles. The number of benzene rings is 1. The number of nitrogens with zero attached hydrogens (tertiary/aromatic N) is 1. The number of furan rings is 1. The summed E-state index contributed by atoms with van der Waals surface area (Å²) in [5.74, 6) is 2.05. The molecular weight excluding hydrogens is 362 g/mol. The van der Waals surface area contributed by atoms with Gasteiger partial charge in [-0.1, -0.05) is 18.2 Å². The van der Waals surface area contributed by atoms with E-state index < -0.39 is 6.10 Å². The monoisotopic (exact) mass is 395 g/mol. The first-order valence-electron chi connectivity index (χ1n) is 11.4. The molecule has 1 unspecified atom stereocenters. The highest BCUT2D eigenvalue weighted by molar-refractivity contribution is 5.43. The molecule has 1 aromatic carbocycles. The predicted molar refractivity (Wildman–Crippen MR) is 113 cm³/mol. The fourth-order valence-electron chi connectivity index (χ4n) is 5.89. The van der Waals surface area contributed by atoms with Gasteiger partial charge in [0.15, 0.2) is 0 Å². The quantitative estimate of drug-likeness (QED) is 0.650. The second-order valence-corrected chi connectivity index (χ2v) is 9.17. The Morgan fingerprint density at radius 1 is 1.07 bits per heavy atom. The Morgan fingerprint density at radius 3 is 2.79 bits per heavy atom. The van der Waals surface area contributed by atoms with Crippen LogP contribution in [0, 0.1) is 5.92 Å². The first-order valence-corrected chi connectivity index (χ1v) is 11.4. The summed E-state index contributed by atoms with van der Waals surface area (Å²) in [6.07, 6.45) is 10.4. The number of rotatable bonds is 8. The largest absolute Gasteiger partial charge is 0.472 e. The van der Waals surface area contributed by atoms with Crippen LogP contribution in [-0.2, 0) is 4.74 Å². The molecule has 1 aliphatic heterocycles. The van der Waals surface area contributed by atoms with Gasteiger partial charge >= 0.3 is 0 Å². The standard InChI is InChI=1S/C25H33NO3/c27-25(21-8-13-29-17-21)20-4-6-23-22-5-3-18(24(23)16-20)15-19(22)7-12-28-14-11-26-9-1-2-10-26/h4,6,8,13,16-19,22,25,27H,1-3,5,7,9-12,14-15H2/t18-,19-,22+,25?/m1/s1. The summed E-state index contributed by atoms with van der Waals surface area (Å²) in [6.45, 7) is 5.38. The van der Waals surface area contributed by atoms with E-state index in [1.165, 1.54) is 62.7 Å². The highest BCUT2D eigenvalue weighted by Crippen LogP contribution is 2.53. The Hall–Kier alpha value is -1.62. The summed E-state index contributed by atoms with van der Waals surface area (Å²) < 4.78 is 11.1. The van der Waals surface area contributed by atoms with Crippen molar-refractivity contribution in [1.29, 1.82) is 0 Å². The van der Waals surface area contributed by atoms with E-state index in [1.54, 1.807) is 12.5 Å². The van der Waals surface area contributed by atoms with Gasteiger partial charge in [0, 0.05) is 18.7 Å². The first kappa shape index (κ1) is 19.3. The van der Waals surface area contributed by atoms with E-state index >= 15 is 0 Å². The number of aliphatic hydroxyl groups is 1.